The zero-order valence-corrected chi connectivity index (χ0v) is 9.79. The molecule has 18 heavy (non-hydrogen) atoms. The van der Waals surface area contributed by atoms with E-state index in [0.717, 1.165) is 16.5 Å². The number of pyridine rings is 1. The fraction of sp³-hybridized carbons (Fsp3) is 0.154. The van der Waals surface area contributed by atoms with Crippen molar-refractivity contribution in [2.45, 2.75) is 13.5 Å². The van der Waals surface area contributed by atoms with Crippen molar-refractivity contribution in [3.63, 3.8) is 0 Å². The Morgan fingerprint density at radius 2 is 2.06 bits per heavy atom. The van der Waals surface area contributed by atoms with Gasteiger partial charge in [-0.05, 0) is 24.6 Å². The second-order valence-electron chi connectivity index (χ2n) is 4.01. The smallest absolute Gasteiger partial charge is 0.252 e. The number of aromatic nitrogens is 3. The van der Waals surface area contributed by atoms with Gasteiger partial charge in [-0.3, -0.25) is 0 Å². The van der Waals surface area contributed by atoms with Gasteiger partial charge in [-0.25, -0.2) is 4.98 Å². The van der Waals surface area contributed by atoms with Crippen LogP contribution in [0, 0.1) is 6.92 Å². The fourth-order valence-corrected chi connectivity index (χ4v) is 1.89. The molecule has 0 fully saturated rings. The molecule has 0 saturated heterocycles. The number of nitrogens with zero attached hydrogens (tertiary/aromatic N) is 3. The maximum atomic E-state index is 8.91. The van der Waals surface area contributed by atoms with Gasteiger partial charge in [0, 0.05) is 5.39 Å². The molecule has 1 aromatic carbocycles. The highest BCUT2D eigenvalue weighted by atomic mass is 16.5. The Labute approximate surface area is 103 Å². The largest absolute Gasteiger partial charge is 0.387 e. The molecule has 0 bridgehead atoms. The third-order valence-electron chi connectivity index (χ3n) is 2.76. The first-order chi connectivity index (χ1) is 8.78. The summed E-state index contributed by atoms with van der Waals surface area (Å²) in [5, 5.41) is 13.8. The first kappa shape index (κ1) is 10.9. The average molecular weight is 241 g/mol. The van der Waals surface area contributed by atoms with Crippen molar-refractivity contribution in [1.82, 2.24) is 15.1 Å². The van der Waals surface area contributed by atoms with E-state index in [1.807, 2.05) is 37.3 Å². The molecule has 5 heteroatoms. The summed E-state index contributed by atoms with van der Waals surface area (Å²) in [7, 11) is 0. The fourth-order valence-electron chi connectivity index (χ4n) is 1.89. The molecule has 0 unspecified atom stereocenters. The molecule has 0 aliphatic heterocycles. The molecule has 5 nitrogen and oxygen atoms in total. The highest BCUT2D eigenvalue weighted by molar-refractivity contribution is 5.84. The molecule has 1 N–H and O–H groups in total. The molecule has 3 rings (SSSR count). The standard InChI is InChI=1S/C13H11N3O2/c1-8-6-11(13-15-12(7-17)18-16-13)14-10-5-3-2-4-9(8)10/h2-6,17H,7H2,1H3. The maximum Gasteiger partial charge on any atom is 0.252 e. The topological polar surface area (TPSA) is 72.0 Å². The van der Waals surface area contributed by atoms with Gasteiger partial charge in [0.2, 0.25) is 5.82 Å². The predicted molar refractivity (Wildman–Crippen MR) is 65.7 cm³/mol. The molecule has 90 valence electrons. The highest BCUT2D eigenvalue weighted by Gasteiger charge is 2.11. The van der Waals surface area contributed by atoms with Crippen molar-refractivity contribution >= 4 is 10.9 Å². The first-order valence-corrected chi connectivity index (χ1v) is 5.58. The van der Waals surface area contributed by atoms with Gasteiger partial charge in [-0.1, -0.05) is 23.4 Å². The lowest BCUT2D eigenvalue weighted by Crippen LogP contribution is -1.90. The Bertz CT molecular complexity index is 706. The van der Waals surface area contributed by atoms with Crippen LogP contribution >= 0.6 is 0 Å². The molecule has 0 saturated carbocycles. The van der Waals surface area contributed by atoms with E-state index in [1.54, 1.807) is 0 Å². The normalized spacial score (nSPS) is 11.0. The Balaban J connectivity index is 2.18. The van der Waals surface area contributed by atoms with E-state index in [1.165, 1.54) is 0 Å². The van der Waals surface area contributed by atoms with E-state index < -0.39 is 0 Å². The molecule has 0 aliphatic rings. The van der Waals surface area contributed by atoms with E-state index in [9.17, 15) is 0 Å². The second-order valence-corrected chi connectivity index (χ2v) is 4.01. The van der Waals surface area contributed by atoms with Crippen molar-refractivity contribution < 1.29 is 9.63 Å². The molecular formula is C13H11N3O2. The molecule has 0 radical (unpaired) electrons. The first-order valence-electron chi connectivity index (χ1n) is 5.58. The lowest BCUT2D eigenvalue weighted by Gasteiger charge is -2.03. The van der Waals surface area contributed by atoms with Crippen molar-refractivity contribution in [3.05, 3.63) is 41.8 Å². The summed E-state index contributed by atoms with van der Waals surface area (Å²) in [6.45, 7) is 1.75. The van der Waals surface area contributed by atoms with Gasteiger partial charge in [0.15, 0.2) is 0 Å². The van der Waals surface area contributed by atoms with Crippen LogP contribution in [-0.4, -0.2) is 20.2 Å². The zero-order valence-electron chi connectivity index (χ0n) is 9.79. The number of benzene rings is 1. The van der Waals surface area contributed by atoms with Crippen LogP contribution in [0.5, 0.6) is 0 Å². The average Bonchev–Trinajstić information content (AvgIpc) is 2.87. The summed E-state index contributed by atoms with van der Waals surface area (Å²) in [5.74, 6) is 0.588. The minimum atomic E-state index is -0.264. The van der Waals surface area contributed by atoms with Gasteiger partial charge in [-0.15, -0.1) is 0 Å². The Morgan fingerprint density at radius 1 is 1.22 bits per heavy atom. The highest BCUT2D eigenvalue weighted by Crippen LogP contribution is 2.22. The summed E-state index contributed by atoms with van der Waals surface area (Å²) in [6.07, 6.45) is 0. The van der Waals surface area contributed by atoms with Gasteiger partial charge >= 0.3 is 0 Å². The number of hydrogen-bond donors (Lipinski definition) is 1. The van der Waals surface area contributed by atoms with Crippen molar-refractivity contribution in [2.75, 3.05) is 0 Å². The molecular weight excluding hydrogens is 230 g/mol. The molecule has 0 atom stereocenters. The van der Waals surface area contributed by atoms with Gasteiger partial charge in [-0.2, -0.15) is 4.98 Å². The summed E-state index contributed by atoms with van der Waals surface area (Å²) < 4.78 is 4.87. The molecule has 0 amide bonds. The summed E-state index contributed by atoms with van der Waals surface area (Å²) in [5.41, 5.74) is 2.64. The van der Waals surface area contributed by atoms with Crippen LogP contribution in [0.3, 0.4) is 0 Å². The van der Waals surface area contributed by atoms with Crippen LogP contribution in [0.25, 0.3) is 22.4 Å². The van der Waals surface area contributed by atoms with E-state index in [2.05, 4.69) is 15.1 Å². The maximum absolute atomic E-state index is 8.91. The van der Waals surface area contributed by atoms with E-state index >= 15 is 0 Å². The van der Waals surface area contributed by atoms with E-state index in [-0.39, 0.29) is 12.5 Å². The van der Waals surface area contributed by atoms with Crippen LogP contribution < -0.4 is 0 Å². The van der Waals surface area contributed by atoms with Crippen molar-refractivity contribution in [3.8, 4) is 11.5 Å². The molecule has 2 aromatic heterocycles. The van der Waals surface area contributed by atoms with Crippen LogP contribution in [0.15, 0.2) is 34.9 Å². The lowest BCUT2D eigenvalue weighted by atomic mass is 10.1. The van der Waals surface area contributed by atoms with E-state index in [0.29, 0.717) is 11.5 Å². The van der Waals surface area contributed by atoms with Crippen molar-refractivity contribution in [2.24, 2.45) is 0 Å². The summed E-state index contributed by atoms with van der Waals surface area (Å²) in [4.78, 5) is 8.54. The minimum absolute atomic E-state index is 0.192. The molecule has 3 aromatic rings. The Morgan fingerprint density at radius 3 is 2.83 bits per heavy atom. The van der Waals surface area contributed by atoms with Crippen LogP contribution in [0.2, 0.25) is 0 Å². The predicted octanol–water partition coefficient (Wildman–Crippen LogP) is 2.09. The zero-order chi connectivity index (χ0) is 12.5. The Kier molecular flexibility index (Phi) is 2.53. The second kappa shape index (κ2) is 4.19. The number of hydrogen-bond acceptors (Lipinski definition) is 5. The number of fused-ring (bicyclic) bond motifs is 1. The monoisotopic (exact) mass is 241 g/mol. The quantitative estimate of drug-likeness (QED) is 0.743. The Hall–Kier alpha value is -2.27. The van der Waals surface area contributed by atoms with Crippen LogP contribution in [0.1, 0.15) is 11.5 Å². The van der Waals surface area contributed by atoms with Crippen LogP contribution in [0.4, 0.5) is 0 Å². The SMILES string of the molecule is Cc1cc(-c2noc(CO)n2)nc2ccccc12. The summed E-state index contributed by atoms with van der Waals surface area (Å²) >= 11 is 0. The number of aliphatic hydroxyl groups is 1. The number of aliphatic hydroxyl groups excluding tert-OH is 1. The molecule has 0 spiro atoms. The summed E-state index contributed by atoms with van der Waals surface area (Å²) in [6, 6.07) is 9.80. The van der Waals surface area contributed by atoms with Gasteiger partial charge in [0.1, 0.15) is 12.3 Å². The van der Waals surface area contributed by atoms with Crippen LogP contribution in [-0.2, 0) is 6.61 Å². The molecule has 0 aliphatic carbocycles. The van der Waals surface area contributed by atoms with Crippen molar-refractivity contribution in [1.29, 1.82) is 0 Å². The van der Waals surface area contributed by atoms with Gasteiger partial charge < -0.3 is 9.63 Å². The third kappa shape index (κ3) is 1.74. The number of para-hydroxylation sites is 1. The molecule has 2 heterocycles. The van der Waals surface area contributed by atoms with Gasteiger partial charge in [0.05, 0.1) is 5.52 Å². The van der Waals surface area contributed by atoms with E-state index in [4.69, 9.17) is 9.63 Å². The lowest BCUT2D eigenvalue weighted by molar-refractivity contribution is 0.222. The van der Waals surface area contributed by atoms with Gasteiger partial charge in [0.25, 0.3) is 5.89 Å². The number of aryl methyl sites for hydroxylation is 1. The third-order valence-corrected chi connectivity index (χ3v) is 2.76. The number of rotatable bonds is 2. The minimum Gasteiger partial charge on any atom is -0.387 e.